The molecule has 1 aromatic heterocycles. The molecule has 7 nitrogen and oxygen atoms in total. The van der Waals surface area contributed by atoms with Gasteiger partial charge in [-0.1, -0.05) is 30.3 Å². The molecular formula is C21H28N4O3. The summed E-state index contributed by atoms with van der Waals surface area (Å²) >= 11 is 0. The first-order chi connectivity index (χ1) is 13.8. The molecule has 7 heteroatoms. The van der Waals surface area contributed by atoms with Gasteiger partial charge in [-0.25, -0.2) is 4.79 Å². The average Bonchev–Trinajstić information content (AvgIpc) is 3.36. The van der Waals surface area contributed by atoms with Gasteiger partial charge in [-0.05, 0) is 18.4 Å². The van der Waals surface area contributed by atoms with Gasteiger partial charge < -0.3 is 19.7 Å². The Morgan fingerprint density at radius 1 is 1.36 bits per heavy atom. The third kappa shape index (κ3) is 3.91. The van der Waals surface area contributed by atoms with Gasteiger partial charge in [0.15, 0.2) is 0 Å². The monoisotopic (exact) mass is 384 g/mol. The van der Waals surface area contributed by atoms with Crippen molar-refractivity contribution in [2.45, 2.75) is 45.0 Å². The molecule has 2 aromatic rings. The number of nitrogens with one attached hydrogen (secondary N) is 1. The van der Waals surface area contributed by atoms with Gasteiger partial charge in [0.05, 0.1) is 38.1 Å². The van der Waals surface area contributed by atoms with Gasteiger partial charge in [0, 0.05) is 37.9 Å². The van der Waals surface area contributed by atoms with E-state index in [4.69, 9.17) is 14.6 Å². The lowest BCUT2D eigenvalue weighted by Crippen LogP contribution is -2.39. The molecule has 0 radical (unpaired) electrons. The van der Waals surface area contributed by atoms with Crippen molar-refractivity contribution >= 4 is 6.03 Å². The Bertz CT molecular complexity index is 805. The van der Waals surface area contributed by atoms with E-state index in [0.717, 1.165) is 55.8 Å². The first kappa shape index (κ1) is 19.0. The van der Waals surface area contributed by atoms with E-state index in [1.807, 2.05) is 35.2 Å². The number of urea groups is 1. The van der Waals surface area contributed by atoms with Gasteiger partial charge in [0.25, 0.3) is 0 Å². The van der Waals surface area contributed by atoms with Crippen LogP contribution in [0.25, 0.3) is 0 Å². The van der Waals surface area contributed by atoms with E-state index in [1.54, 1.807) is 7.11 Å². The fourth-order valence-electron chi connectivity index (χ4n) is 4.13. The standard InChI is InChI=1S/C21H28N4O3/c1-27-13-11-25-18-9-12-28-15-17(18)20(23-25)19-8-5-10-24(19)21(26)22-14-16-6-3-2-4-7-16/h2-4,6-7,19H,5,8-15H2,1H3,(H,22,26). The van der Waals surface area contributed by atoms with Gasteiger partial charge in [-0.3, -0.25) is 4.68 Å². The Balaban J connectivity index is 1.51. The summed E-state index contributed by atoms with van der Waals surface area (Å²) in [6.45, 7) is 3.94. The van der Waals surface area contributed by atoms with Crippen LogP contribution in [0.2, 0.25) is 0 Å². The quantitative estimate of drug-likeness (QED) is 0.831. The molecule has 1 N–H and O–H groups in total. The molecule has 1 atom stereocenters. The van der Waals surface area contributed by atoms with E-state index in [2.05, 4.69) is 10.00 Å². The predicted octanol–water partition coefficient (Wildman–Crippen LogP) is 2.65. The number of fused-ring (bicyclic) bond motifs is 1. The van der Waals surface area contributed by atoms with Gasteiger partial charge in [-0.15, -0.1) is 0 Å². The summed E-state index contributed by atoms with van der Waals surface area (Å²) in [6, 6.07) is 9.98. The van der Waals surface area contributed by atoms with Gasteiger partial charge in [-0.2, -0.15) is 5.10 Å². The largest absolute Gasteiger partial charge is 0.383 e. The molecule has 3 heterocycles. The zero-order chi connectivity index (χ0) is 19.3. The summed E-state index contributed by atoms with van der Waals surface area (Å²) in [6.07, 6.45) is 2.79. The Hall–Kier alpha value is -2.38. The van der Waals surface area contributed by atoms with Crippen LogP contribution in [0.15, 0.2) is 30.3 Å². The molecule has 2 amide bonds. The highest BCUT2D eigenvalue weighted by Gasteiger charge is 2.35. The van der Waals surface area contributed by atoms with Gasteiger partial charge in [0.2, 0.25) is 0 Å². The van der Waals surface area contributed by atoms with Crippen LogP contribution in [0.3, 0.4) is 0 Å². The predicted molar refractivity (Wildman–Crippen MR) is 105 cm³/mol. The Morgan fingerprint density at radius 3 is 3.04 bits per heavy atom. The molecule has 0 bridgehead atoms. The number of carbonyl (C=O) groups excluding carboxylic acids is 1. The van der Waals surface area contributed by atoms with Crippen molar-refractivity contribution in [1.29, 1.82) is 0 Å². The number of methoxy groups -OCH3 is 1. The second kappa shape index (κ2) is 8.75. The number of carbonyl (C=O) groups is 1. The second-order valence-electron chi connectivity index (χ2n) is 7.32. The van der Waals surface area contributed by atoms with E-state index in [-0.39, 0.29) is 12.1 Å². The fourth-order valence-corrected chi connectivity index (χ4v) is 4.13. The van der Waals surface area contributed by atoms with Crippen LogP contribution >= 0.6 is 0 Å². The summed E-state index contributed by atoms with van der Waals surface area (Å²) < 4.78 is 13.0. The zero-order valence-electron chi connectivity index (χ0n) is 16.4. The van der Waals surface area contributed by atoms with Crippen LogP contribution in [0.5, 0.6) is 0 Å². The number of likely N-dealkylation sites (tertiary alicyclic amines) is 1. The number of ether oxygens (including phenoxy) is 2. The van der Waals surface area contributed by atoms with Crippen LogP contribution < -0.4 is 5.32 Å². The minimum absolute atomic E-state index is 0.00928. The van der Waals surface area contributed by atoms with E-state index in [0.29, 0.717) is 19.8 Å². The number of benzene rings is 1. The Labute approximate surface area is 165 Å². The van der Waals surface area contributed by atoms with Gasteiger partial charge in [0.1, 0.15) is 0 Å². The molecule has 1 aromatic carbocycles. The minimum atomic E-state index is -0.0247. The van der Waals surface area contributed by atoms with E-state index in [1.165, 1.54) is 5.69 Å². The van der Waals surface area contributed by atoms with Crippen LogP contribution in [0, 0.1) is 0 Å². The molecule has 1 unspecified atom stereocenters. The molecule has 0 saturated carbocycles. The zero-order valence-corrected chi connectivity index (χ0v) is 16.4. The molecule has 0 spiro atoms. The highest BCUT2D eigenvalue weighted by atomic mass is 16.5. The van der Waals surface area contributed by atoms with Crippen molar-refractivity contribution in [3.05, 3.63) is 52.8 Å². The number of nitrogens with zero attached hydrogens (tertiary/aromatic N) is 3. The van der Waals surface area contributed by atoms with E-state index < -0.39 is 0 Å². The summed E-state index contributed by atoms with van der Waals surface area (Å²) in [5, 5.41) is 7.96. The first-order valence-corrected chi connectivity index (χ1v) is 10.0. The van der Waals surface area contributed by atoms with Crippen molar-refractivity contribution in [1.82, 2.24) is 20.0 Å². The smallest absolute Gasteiger partial charge is 0.318 e. The Morgan fingerprint density at radius 2 is 2.21 bits per heavy atom. The molecular weight excluding hydrogens is 356 g/mol. The topological polar surface area (TPSA) is 68.6 Å². The van der Waals surface area contributed by atoms with Crippen molar-refractivity contribution in [3.63, 3.8) is 0 Å². The van der Waals surface area contributed by atoms with Crippen molar-refractivity contribution < 1.29 is 14.3 Å². The maximum absolute atomic E-state index is 12.9. The van der Waals surface area contributed by atoms with Crippen molar-refractivity contribution in [2.75, 3.05) is 26.9 Å². The molecule has 28 heavy (non-hydrogen) atoms. The second-order valence-corrected chi connectivity index (χ2v) is 7.32. The van der Waals surface area contributed by atoms with Crippen molar-refractivity contribution in [3.8, 4) is 0 Å². The lowest BCUT2D eigenvalue weighted by Gasteiger charge is -2.25. The molecule has 1 saturated heterocycles. The molecule has 4 rings (SSSR count). The minimum Gasteiger partial charge on any atom is -0.383 e. The number of rotatable bonds is 6. The first-order valence-electron chi connectivity index (χ1n) is 10.0. The maximum atomic E-state index is 12.9. The van der Waals surface area contributed by atoms with Crippen molar-refractivity contribution in [2.24, 2.45) is 0 Å². The summed E-state index contributed by atoms with van der Waals surface area (Å²) in [5.41, 5.74) is 4.49. The average molecular weight is 384 g/mol. The lowest BCUT2D eigenvalue weighted by atomic mass is 10.0. The molecule has 0 aliphatic carbocycles. The van der Waals surface area contributed by atoms with E-state index in [9.17, 15) is 4.79 Å². The molecule has 2 aliphatic rings. The van der Waals surface area contributed by atoms with Gasteiger partial charge >= 0.3 is 6.03 Å². The third-order valence-electron chi connectivity index (χ3n) is 5.55. The fraction of sp³-hybridized carbons (Fsp3) is 0.524. The number of hydrogen-bond acceptors (Lipinski definition) is 4. The summed E-state index contributed by atoms with van der Waals surface area (Å²) in [4.78, 5) is 14.8. The highest BCUT2D eigenvalue weighted by Crippen LogP contribution is 2.35. The molecule has 2 aliphatic heterocycles. The van der Waals surface area contributed by atoms with Crippen LogP contribution in [0.1, 0.15) is 41.4 Å². The number of aromatic nitrogens is 2. The summed E-state index contributed by atoms with van der Waals surface area (Å²) in [7, 11) is 1.70. The normalized spacial score (nSPS) is 18.9. The molecule has 150 valence electrons. The van der Waals surface area contributed by atoms with Crippen LogP contribution in [-0.4, -0.2) is 47.6 Å². The van der Waals surface area contributed by atoms with Crippen LogP contribution in [-0.2, 0) is 35.6 Å². The summed E-state index contributed by atoms with van der Waals surface area (Å²) in [5.74, 6) is 0. The Kier molecular flexibility index (Phi) is 5.92. The van der Waals surface area contributed by atoms with Crippen LogP contribution in [0.4, 0.5) is 4.79 Å². The maximum Gasteiger partial charge on any atom is 0.318 e. The molecule has 1 fully saturated rings. The SMILES string of the molecule is COCCn1nc(C2CCCN2C(=O)NCc2ccccc2)c2c1CCOC2. The number of hydrogen-bond donors (Lipinski definition) is 1. The van der Waals surface area contributed by atoms with E-state index >= 15 is 0 Å². The number of amides is 2. The third-order valence-corrected chi connectivity index (χ3v) is 5.55. The highest BCUT2D eigenvalue weighted by molar-refractivity contribution is 5.75. The lowest BCUT2D eigenvalue weighted by molar-refractivity contribution is 0.106.